The van der Waals surface area contributed by atoms with Crippen molar-refractivity contribution in [2.24, 2.45) is 5.73 Å². The Bertz CT molecular complexity index is 456. The summed E-state index contributed by atoms with van der Waals surface area (Å²) < 4.78 is 13.0. The Kier molecular flexibility index (Phi) is 3.27. The molecule has 0 bridgehead atoms. The van der Waals surface area contributed by atoms with Gasteiger partial charge in [-0.15, -0.1) is 0 Å². The molecule has 0 amide bonds. The highest BCUT2D eigenvalue weighted by Gasteiger charge is 2.07. The summed E-state index contributed by atoms with van der Waals surface area (Å²) in [5.41, 5.74) is 7.88. The van der Waals surface area contributed by atoms with E-state index in [9.17, 15) is 4.39 Å². The van der Waals surface area contributed by atoms with Crippen molar-refractivity contribution >= 4 is 0 Å². The first kappa shape index (κ1) is 10.8. The minimum Gasteiger partial charge on any atom is -0.324 e. The van der Waals surface area contributed by atoms with Gasteiger partial charge in [0, 0.05) is 18.4 Å². The topological polar surface area (TPSA) is 38.9 Å². The molecule has 0 aliphatic rings. The van der Waals surface area contributed by atoms with Crippen LogP contribution in [0.1, 0.15) is 17.2 Å². The maximum absolute atomic E-state index is 13.0. The lowest BCUT2D eigenvalue weighted by molar-refractivity contribution is 0.622. The van der Waals surface area contributed by atoms with Crippen LogP contribution in [0, 0.1) is 5.82 Å². The molecule has 0 aliphatic heterocycles. The summed E-state index contributed by atoms with van der Waals surface area (Å²) in [5.74, 6) is -0.226. The maximum Gasteiger partial charge on any atom is 0.123 e. The molecule has 0 fully saturated rings. The highest BCUT2D eigenvalue weighted by Crippen LogP contribution is 2.15. The van der Waals surface area contributed by atoms with Crippen LogP contribution in [-0.4, -0.2) is 4.98 Å². The van der Waals surface area contributed by atoms with E-state index in [2.05, 4.69) is 4.98 Å². The first-order valence-electron chi connectivity index (χ1n) is 5.15. The van der Waals surface area contributed by atoms with Crippen molar-refractivity contribution < 1.29 is 4.39 Å². The Morgan fingerprint density at radius 2 is 2.12 bits per heavy atom. The van der Waals surface area contributed by atoms with Crippen molar-refractivity contribution in [3.8, 4) is 0 Å². The summed E-state index contributed by atoms with van der Waals surface area (Å²) in [5, 5.41) is 0. The van der Waals surface area contributed by atoms with E-state index in [-0.39, 0.29) is 11.9 Å². The van der Waals surface area contributed by atoms with Crippen molar-refractivity contribution in [2.75, 3.05) is 0 Å². The molecule has 82 valence electrons. The van der Waals surface area contributed by atoms with E-state index < -0.39 is 0 Å². The zero-order valence-electron chi connectivity index (χ0n) is 8.81. The van der Waals surface area contributed by atoms with Crippen LogP contribution >= 0.6 is 0 Å². The zero-order valence-corrected chi connectivity index (χ0v) is 8.81. The standard InChI is InChI=1S/C13H13FN2/c14-12-5-1-3-10(7-12)8-13(15)11-4-2-6-16-9-11/h1-7,9,13H,8,15H2. The molecule has 2 rings (SSSR count). The van der Waals surface area contributed by atoms with Gasteiger partial charge in [-0.1, -0.05) is 18.2 Å². The summed E-state index contributed by atoms with van der Waals surface area (Å²) in [7, 11) is 0. The molecule has 1 atom stereocenters. The number of benzene rings is 1. The van der Waals surface area contributed by atoms with Gasteiger partial charge in [-0.25, -0.2) is 4.39 Å². The van der Waals surface area contributed by atoms with Gasteiger partial charge < -0.3 is 5.73 Å². The van der Waals surface area contributed by atoms with Crippen molar-refractivity contribution in [1.82, 2.24) is 4.98 Å². The van der Waals surface area contributed by atoms with Crippen LogP contribution in [0.2, 0.25) is 0 Å². The van der Waals surface area contributed by atoms with E-state index in [1.807, 2.05) is 18.2 Å². The van der Waals surface area contributed by atoms with Crippen LogP contribution in [0.15, 0.2) is 48.8 Å². The molecule has 3 heteroatoms. The number of hydrogen-bond donors (Lipinski definition) is 1. The van der Waals surface area contributed by atoms with Gasteiger partial charge in [0.15, 0.2) is 0 Å². The molecule has 1 aromatic carbocycles. The second-order valence-electron chi connectivity index (χ2n) is 3.73. The number of pyridine rings is 1. The average Bonchev–Trinajstić information content (AvgIpc) is 2.30. The first-order chi connectivity index (χ1) is 7.75. The molecule has 1 heterocycles. The van der Waals surface area contributed by atoms with Gasteiger partial charge in [-0.3, -0.25) is 4.98 Å². The van der Waals surface area contributed by atoms with Gasteiger partial charge in [0.05, 0.1) is 0 Å². The first-order valence-corrected chi connectivity index (χ1v) is 5.15. The van der Waals surface area contributed by atoms with Gasteiger partial charge in [-0.2, -0.15) is 0 Å². The Balaban J connectivity index is 2.11. The molecule has 16 heavy (non-hydrogen) atoms. The molecule has 1 aromatic heterocycles. The average molecular weight is 216 g/mol. The number of hydrogen-bond acceptors (Lipinski definition) is 2. The molecule has 0 saturated heterocycles. The van der Waals surface area contributed by atoms with E-state index in [1.165, 1.54) is 12.1 Å². The van der Waals surface area contributed by atoms with Gasteiger partial charge >= 0.3 is 0 Å². The number of nitrogens with two attached hydrogens (primary N) is 1. The van der Waals surface area contributed by atoms with Gasteiger partial charge in [0.2, 0.25) is 0 Å². The Labute approximate surface area is 93.9 Å². The van der Waals surface area contributed by atoms with Crippen molar-refractivity contribution in [1.29, 1.82) is 0 Å². The van der Waals surface area contributed by atoms with E-state index >= 15 is 0 Å². The predicted molar refractivity (Wildman–Crippen MR) is 61.3 cm³/mol. The molecule has 0 spiro atoms. The second-order valence-corrected chi connectivity index (χ2v) is 3.73. The largest absolute Gasteiger partial charge is 0.324 e. The SMILES string of the molecule is NC(Cc1cccc(F)c1)c1cccnc1. The fraction of sp³-hybridized carbons (Fsp3) is 0.154. The van der Waals surface area contributed by atoms with E-state index in [1.54, 1.807) is 18.5 Å². The van der Waals surface area contributed by atoms with Gasteiger partial charge in [-0.05, 0) is 35.7 Å². The number of aromatic nitrogens is 1. The molecule has 2 aromatic rings. The Morgan fingerprint density at radius 3 is 2.81 bits per heavy atom. The second kappa shape index (κ2) is 4.86. The fourth-order valence-corrected chi connectivity index (χ4v) is 1.63. The minimum absolute atomic E-state index is 0.143. The molecule has 2 nitrogen and oxygen atoms in total. The molecule has 2 N–H and O–H groups in total. The van der Waals surface area contributed by atoms with E-state index in [4.69, 9.17) is 5.73 Å². The normalized spacial score (nSPS) is 12.4. The van der Waals surface area contributed by atoms with Crippen LogP contribution in [0.3, 0.4) is 0 Å². The summed E-state index contributed by atoms with van der Waals surface area (Å²) in [6.07, 6.45) is 4.06. The summed E-state index contributed by atoms with van der Waals surface area (Å²) in [4.78, 5) is 4.01. The molecule has 1 unspecified atom stereocenters. The lowest BCUT2D eigenvalue weighted by Gasteiger charge is -2.11. The third-order valence-corrected chi connectivity index (χ3v) is 2.46. The van der Waals surface area contributed by atoms with E-state index in [0.29, 0.717) is 6.42 Å². The van der Waals surface area contributed by atoms with Crippen LogP contribution in [0.4, 0.5) is 4.39 Å². The lowest BCUT2D eigenvalue weighted by atomic mass is 10.0. The number of nitrogens with zero attached hydrogens (tertiary/aromatic N) is 1. The maximum atomic E-state index is 13.0. The minimum atomic E-state index is -0.226. The molecular weight excluding hydrogens is 203 g/mol. The Hall–Kier alpha value is -1.74. The summed E-state index contributed by atoms with van der Waals surface area (Å²) in [6, 6.07) is 10.1. The van der Waals surface area contributed by atoms with Gasteiger partial charge in [0.1, 0.15) is 5.82 Å². The van der Waals surface area contributed by atoms with E-state index in [0.717, 1.165) is 11.1 Å². The third kappa shape index (κ3) is 2.64. The van der Waals surface area contributed by atoms with Crippen LogP contribution in [0.5, 0.6) is 0 Å². The predicted octanol–water partition coefficient (Wildman–Crippen LogP) is 2.46. The van der Waals surface area contributed by atoms with Crippen LogP contribution < -0.4 is 5.73 Å². The van der Waals surface area contributed by atoms with Crippen molar-refractivity contribution in [3.63, 3.8) is 0 Å². The van der Waals surface area contributed by atoms with Crippen molar-refractivity contribution in [3.05, 3.63) is 65.7 Å². The highest BCUT2D eigenvalue weighted by atomic mass is 19.1. The van der Waals surface area contributed by atoms with Crippen LogP contribution in [0.25, 0.3) is 0 Å². The fourth-order valence-electron chi connectivity index (χ4n) is 1.63. The van der Waals surface area contributed by atoms with Crippen LogP contribution in [-0.2, 0) is 6.42 Å². The highest BCUT2D eigenvalue weighted by molar-refractivity contribution is 5.21. The quantitative estimate of drug-likeness (QED) is 0.856. The zero-order chi connectivity index (χ0) is 11.4. The summed E-state index contributed by atoms with van der Waals surface area (Å²) >= 11 is 0. The molecule has 0 saturated carbocycles. The number of rotatable bonds is 3. The molecule has 0 aliphatic carbocycles. The Morgan fingerprint density at radius 1 is 1.25 bits per heavy atom. The lowest BCUT2D eigenvalue weighted by Crippen LogP contribution is -2.13. The van der Waals surface area contributed by atoms with Gasteiger partial charge in [0.25, 0.3) is 0 Å². The third-order valence-electron chi connectivity index (χ3n) is 2.46. The molecule has 0 radical (unpaired) electrons. The molecular formula is C13H13FN2. The summed E-state index contributed by atoms with van der Waals surface area (Å²) in [6.45, 7) is 0. The monoisotopic (exact) mass is 216 g/mol. The number of halogens is 1. The van der Waals surface area contributed by atoms with Crippen molar-refractivity contribution in [2.45, 2.75) is 12.5 Å². The smallest absolute Gasteiger partial charge is 0.123 e.